The van der Waals surface area contributed by atoms with E-state index >= 15 is 0 Å². The number of pyridine rings is 1. The normalized spacial score (nSPS) is 10.6. The maximum absolute atomic E-state index is 10.2. The van der Waals surface area contributed by atoms with Gasteiger partial charge in [-0.15, -0.1) is 0 Å². The predicted molar refractivity (Wildman–Crippen MR) is 61.3 cm³/mol. The van der Waals surface area contributed by atoms with Crippen LogP contribution in [0.4, 0.5) is 4.79 Å². The van der Waals surface area contributed by atoms with Crippen LogP contribution in [-0.2, 0) is 6.42 Å². The van der Waals surface area contributed by atoms with E-state index in [0.717, 1.165) is 9.99 Å². The second kappa shape index (κ2) is 4.48. The fourth-order valence-electron chi connectivity index (χ4n) is 1.33. The van der Waals surface area contributed by atoms with Crippen LogP contribution in [0.5, 0.6) is 0 Å². The van der Waals surface area contributed by atoms with Gasteiger partial charge in [0.05, 0.1) is 5.52 Å². The Balaban J connectivity index is 2.10. The van der Waals surface area contributed by atoms with Crippen molar-refractivity contribution in [2.75, 3.05) is 6.54 Å². The number of rotatable bonds is 3. The lowest BCUT2D eigenvalue weighted by atomic mass is 10.4. The molecular weight excluding hydrogens is 276 g/mol. The number of H-pyrrole nitrogens is 1. The van der Waals surface area contributed by atoms with Crippen molar-refractivity contribution in [3.63, 3.8) is 0 Å². The quantitative estimate of drug-likeness (QED) is 0.797. The van der Waals surface area contributed by atoms with Crippen LogP contribution in [0.1, 0.15) is 5.82 Å². The molecule has 2 rings (SSSR count). The molecule has 0 atom stereocenters. The summed E-state index contributed by atoms with van der Waals surface area (Å²) in [5, 5.41) is 10.7. The zero-order valence-corrected chi connectivity index (χ0v) is 9.78. The number of imidazole rings is 1. The van der Waals surface area contributed by atoms with Crippen molar-refractivity contribution in [1.82, 2.24) is 20.3 Å². The van der Waals surface area contributed by atoms with Gasteiger partial charge in [0.2, 0.25) is 0 Å². The monoisotopic (exact) mass is 284 g/mol. The van der Waals surface area contributed by atoms with Gasteiger partial charge in [-0.2, -0.15) is 0 Å². The standard InChI is InChI=1S/C9H9BrN4O2/c10-5-3-6-8(12-4-5)14-7(13-6)1-2-11-9(15)16/h3-4,11H,1-2H2,(H,15,16)(H,12,13,14). The molecule has 84 valence electrons. The van der Waals surface area contributed by atoms with Gasteiger partial charge in [0.1, 0.15) is 5.82 Å². The number of carboxylic acid groups (broad SMARTS) is 1. The summed E-state index contributed by atoms with van der Waals surface area (Å²) < 4.78 is 0.874. The maximum atomic E-state index is 10.2. The van der Waals surface area contributed by atoms with Crippen LogP contribution in [0, 0.1) is 0 Å². The number of aromatic amines is 1. The van der Waals surface area contributed by atoms with Crippen LogP contribution < -0.4 is 5.32 Å². The van der Waals surface area contributed by atoms with Gasteiger partial charge < -0.3 is 15.4 Å². The van der Waals surface area contributed by atoms with E-state index < -0.39 is 6.09 Å². The van der Waals surface area contributed by atoms with Crippen molar-refractivity contribution in [2.45, 2.75) is 6.42 Å². The second-order valence-corrected chi connectivity index (χ2v) is 4.11. The molecule has 2 aromatic rings. The van der Waals surface area contributed by atoms with Crippen molar-refractivity contribution in [2.24, 2.45) is 0 Å². The molecule has 1 amide bonds. The molecule has 0 saturated carbocycles. The zero-order valence-electron chi connectivity index (χ0n) is 8.20. The number of hydrogen-bond donors (Lipinski definition) is 3. The summed E-state index contributed by atoms with van der Waals surface area (Å²) in [6.45, 7) is 0.330. The van der Waals surface area contributed by atoms with Crippen LogP contribution >= 0.6 is 15.9 Å². The van der Waals surface area contributed by atoms with Crippen LogP contribution in [-0.4, -0.2) is 32.7 Å². The predicted octanol–water partition coefficient (Wildman–Crippen LogP) is 1.53. The summed E-state index contributed by atoms with van der Waals surface area (Å²) in [7, 11) is 0. The van der Waals surface area contributed by atoms with Gasteiger partial charge in [0.15, 0.2) is 5.65 Å². The molecule has 0 fully saturated rings. The number of amides is 1. The van der Waals surface area contributed by atoms with Crippen molar-refractivity contribution in [1.29, 1.82) is 0 Å². The Morgan fingerprint density at radius 2 is 2.44 bits per heavy atom. The van der Waals surface area contributed by atoms with E-state index in [4.69, 9.17) is 5.11 Å². The highest BCUT2D eigenvalue weighted by Gasteiger charge is 2.04. The van der Waals surface area contributed by atoms with Gasteiger partial charge in [-0.05, 0) is 22.0 Å². The molecule has 2 heterocycles. The topological polar surface area (TPSA) is 90.9 Å². The Kier molecular flexibility index (Phi) is 3.04. The van der Waals surface area contributed by atoms with E-state index in [1.54, 1.807) is 6.20 Å². The first-order chi connectivity index (χ1) is 7.65. The van der Waals surface area contributed by atoms with Gasteiger partial charge in [-0.3, -0.25) is 0 Å². The first kappa shape index (κ1) is 10.9. The Labute approximate surface area is 99.2 Å². The zero-order chi connectivity index (χ0) is 11.5. The number of halogens is 1. The van der Waals surface area contributed by atoms with Crippen molar-refractivity contribution >= 4 is 33.2 Å². The molecule has 2 aromatic heterocycles. The number of nitrogens with one attached hydrogen (secondary N) is 2. The molecule has 0 aliphatic carbocycles. The molecule has 0 aliphatic heterocycles. The van der Waals surface area contributed by atoms with Gasteiger partial charge in [0, 0.05) is 23.6 Å². The molecule has 0 spiro atoms. The first-order valence-electron chi connectivity index (χ1n) is 4.62. The van der Waals surface area contributed by atoms with Crippen LogP contribution in [0.25, 0.3) is 11.2 Å². The highest BCUT2D eigenvalue weighted by Crippen LogP contribution is 2.14. The average Bonchev–Trinajstić information content (AvgIpc) is 2.58. The van der Waals surface area contributed by atoms with Gasteiger partial charge in [-0.25, -0.2) is 14.8 Å². The molecular formula is C9H9BrN4O2. The minimum absolute atomic E-state index is 0.330. The van der Waals surface area contributed by atoms with Gasteiger partial charge >= 0.3 is 6.09 Å². The van der Waals surface area contributed by atoms with Crippen LogP contribution in [0.3, 0.4) is 0 Å². The largest absolute Gasteiger partial charge is 0.465 e. The average molecular weight is 285 g/mol. The fourth-order valence-corrected chi connectivity index (χ4v) is 1.66. The third-order valence-electron chi connectivity index (χ3n) is 1.99. The third kappa shape index (κ3) is 2.48. The van der Waals surface area contributed by atoms with Gasteiger partial charge in [0.25, 0.3) is 0 Å². The van der Waals surface area contributed by atoms with E-state index in [0.29, 0.717) is 24.4 Å². The lowest BCUT2D eigenvalue weighted by molar-refractivity contribution is 0.194. The number of hydrogen-bond acceptors (Lipinski definition) is 3. The van der Waals surface area contributed by atoms with E-state index in [-0.39, 0.29) is 0 Å². The molecule has 0 aromatic carbocycles. The van der Waals surface area contributed by atoms with E-state index in [2.05, 4.69) is 36.2 Å². The van der Waals surface area contributed by atoms with E-state index in [1.807, 2.05) is 6.07 Å². The first-order valence-corrected chi connectivity index (χ1v) is 5.41. The minimum atomic E-state index is -1.03. The number of nitrogens with zero attached hydrogens (tertiary/aromatic N) is 2. The molecule has 7 heteroatoms. The molecule has 0 unspecified atom stereocenters. The number of aromatic nitrogens is 3. The summed E-state index contributed by atoms with van der Waals surface area (Å²) >= 11 is 3.31. The highest BCUT2D eigenvalue weighted by molar-refractivity contribution is 9.10. The summed E-state index contributed by atoms with van der Waals surface area (Å²) in [5.41, 5.74) is 1.47. The summed E-state index contributed by atoms with van der Waals surface area (Å²) in [4.78, 5) is 21.7. The number of carbonyl (C=O) groups is 1. The number of fused-ring (bicyclic) bond motifs is 1. The molecule has 0 bridgehead atoms. The Morgan fingerprint density at radius 1 is 1.62 bits per heavy atom. The lowest BCUT2D eigenvalue weighted by Crippen LogP contribution is -2.23. The smallest absolute Gasteiger partial charge is 0.404 e. The second-order valence-electron chi connectivity index (χ2n) is 3.19. The maximum Gasteiger partial charge on any atom is 0.404 e. The van der Waals surface area contributed by atoms with Gasteiger partial charge in [-0.1, -0.05) is 0 Å². The molecule has 0 aliphatic rings. The highest BCUT2D eigenvalue weighted by atomic mass is 79.9. The van der Waals surface area contributed by atoms with E-state index in [1.165, 1.54) is 0 Å². The van der Waals surface area contributed by atoms with Crippen LogP contribution in [0.15, 0.2) is 16.7 Å². The van der Waals surface area contributed by atoms with Crippen molar-refractivity contribution in [3.8, 4) is 0 Å². The minimum Gasteiger partial charge on any atom is -0.465 e. The lowest BCUT2D eigenvalue weighted by Gasteiger charge is -1.96. The van der Waals surface area contributed by atoms with Crippen molar-refractivity contribution < 1.29 is 9.90 Å². The summed E-state index contributed by atoms with van der Waals surface area (Å²) in [6.07, 6.45) is 1.15. The molecule has 0 radical (unpaired) electrons. The molecule has 16 heavy (non-hydrogen) atoms. The SMILES string of the molecule is O=C(O)NCCc1nc2ncc(Br)cc2[nH]1. The molecule has 3 N–H and O–H groups in total. The van der Waals surface area contributed by atoms with E-state index in [9.17, 15) is 4.79 Å². The van der Waals surface area contributed by atoms with Crippen LogP contribution in [0.2, 0.25) is 0 Å². The third-order valence-corrected chi connectivity index (χ3v) is 2.42. The molecule has 6 nitrogen and oxygen atoms in total. The Morgan fingerprint density at radius 3 is 3.19 bits per heavy atom. The Hall–Kier alpha value is -1.63. The summed E-state index contributed by atoms with van der Waals surface area (Å²) in [5.74, 6) is 0.717. The fraction of sp³-hybridized carbons (Fsp3) is 0.222. The summed E-state index contributed by atoms with van der Waals surface area (Å²) in [6, 6.07) is 1.88. The Bertz CT molecular complexity index is 525. The molecule has 0 saturated heterocycles. The van der Waals surface area contributed by atoms with Crippen molar-refractivity contribution in [3.05, 3.63) is 22.6 Å².